The van der Waals surface area contributed by atoms with Crippen molar-refractivity contribution in [3.05, 3.63) is 0 Å². The lowest BCUT2D eigenvalue weighted by Gasteiger charge is -2.30. The van der Waals surface area contributed by atoms with Gasteiger partial charge in [-0.05, 0) is 12.8 Å². The maximum atomic E-state index is 12.3. The van der Waals surface area contributed by atoms with Gasteiger partial charge in [0.2, 0.25) is 5.91 Å². The van der Waals surface area contributed by atoms with Crippen molar-refractivity contribution in [2.75, 3.05) is 13.1 Å². The van der Waals surface area contributed by atoms with Crippen molar-refractivity contribution in [3.63, 3.8) is 0 Å². The number of nitrogens with one attached hydrogen (secondary N) is 2. The molecule has 0 spiro atoms. The first-order chi connectivity index (χ1) is 7.80. The molecule has 0 aromatic carbocycles. The summed E-state index contributed by atoms with van der Waals surface area (Å²) in [4.78, 5) is 11.3. The number of piperidine rings is 1. The molecule has 8 heteroatoms. The Labute approximate surface area is 94.7 Å². The standard InChI is InChI=1S/C9H13F5N2O/c10-7(11)4-16-8(17)6-2-1-5(3-15-6)9(12,13)14/h5-7,15H,1-4H2,(H,16,17). The van der Waals surface area contributed by atoms with E-state index >= 15 is 0 Å². The summed E-state index contributed by atoms with van der Waals surface area (Å²) in [5.41, 5.74) is 0. The highest BCUT2D eigenvalue weighted by Crippen LogP contribution is 2.31. The molecule has 0 aromatic rings. The second kappa shape index (κ2) is 5.61. The van der Waals surface area contributed by atoms with Gasteiger partial charge < -0.3 is 10.6 Å². The van der Waals surface area contributed by atoms with Gasteiger partial charge in [-0.25, -0.2) is 8.78 Å². The van der Waals surface area contributed by atoms with Crippen molar-refractivity contribution < 1.29 is 26.7 Å². The molecule has 1 heterocycles. The summed E-state index contributed by atoms with van der Waals surface area (Å²) in [7, 11) is 0. The fraction of sp³-hybridized carbons (Fsp3) is 0.889. The van der Waals surface area contributed by atoms with Crippen LogP contribution < -0.4 is 10.6 Å². The Bertz CT molecular complexity index is 261. The van der Waals surface area contributed by atoms with Crippen molar-refractivity contribution in [1.82, 2.24) is 10.6 Å². The molecule has 17 heavy (non-hydrogen) atoms. The van der Waals surface area contributed by atoms with Crippen molar-refractivity contribution >= 4 is 5.91 Å². The molecule has 0 radical (unpaired) electrons. The monoisotopic (exact) mass is 260 g/mol. The van der Waals surface area contributed by atoms with E-state index in [-0.39, 0.29) is 19.4 Å². The summed E-state index contributed by atoms with van der Waals surface area (Å²) in [6, 6.07) is -0.813. The Hall–Kier alpha value is -0.920. The van der Waals surface area contributed by atoms with Crippen LogP contribution >= 0.6 is 0 Å². The van der Waals surface area contributed by atoms with Gasteiger partial charge in [-0.3, -0.25) is 4.79 Å². The lowest BCUT2D eigenvalue weighted by molar-refractivity contribution is -0.180. The predicted molar refractivity (Wildman–Crippen MR) is 49.6 cm³/mol. The first kappa shape index (κ1) is 14.1. The summed E-state index contributed by atoms with van der Waals surface area (Å²) in [6.45, 7) is -1.13. The van der Waals surface area contributed by atoms with Crippen molar-refractivity contribution in [2.45, 2.75) is 31.5 Å². The SMILES string of the molecule is O=C(NCC(F)F)C1CCC(C(F)(F)F)CN1. The summed E-state index contributed by atoms with van der Waals surface area (Å²) in [5.74, 6) is -2.15. The Kier molecular flexibility index (Phi) is 4.67. The molecule has 2 unspecified atom stereocenters. The minimum atomic E-state index is -4.28. The van der Waals surface area contributed by atoms with E-state index in [0.29, 0.717) is 0 Å². The third-order valence-electron chi connectivity index (χ3n) is 2.62. The van der Waals surface area contributed by atoms with E-state index in [1.807, 2.05) is 5.32 Å². The molecule has 0 aromatic heterocycles. The van der Waals surface area contributed by atoms with Crippen LogP contribution in [0.15, 0.2) is 0 Å². The summed E-state index contributed by atoms with van der Waals surface area (Å²) in [5, 5.41) is 4.39. The molecular weight excluding hydrogens is 247 g/mol. The molecule has 1 aliphatic rings. The molecular formula is C9H13F5N2O. The Morgan fingerprint density at radius 1 is 1.35 bits per heavy atom. The first-order valence-corrected chi connectivity index (χ1v) is 5.16. The number of hydrogen-bond donors (Lipinski definition) is 2. The van der Waals surface area contributed by atoms with Gasteiger partial charge in [-0.1, -0.05) is 0 Å². The topological polar surface area (TPSA) is 41.1 Å². The van der Waals surface area contributed by atoms with Gasteiger partial charge in [0.25, 0.3) is 6.43 Å². The van der Waals surface area contributed by atoms with Crippen LogP contribution in [0.3, 0.4) is 0 Å². The molecule has 1 rings (SSSR count). The molecule has 1 fully saturated rings. The van der Waals surface area contributed by atoms with E-state index in [4.69, 9.17) is 0 Å². The highest BCUT2D eigenvalue weighted by Gasteiger charge is 2.42. The number of amides is 1. The average molecular weight is 260 g/mol. The number of alkyl halides is 5. The summed E-state index contributed by atoms with van der Waals surface area (Å²) >= 11 is 0. The van der Waals surface area contributed by atoms with Crippen molar-refractivity contribution in [3.8, 4) is 0 Å². The van der Waals surface area contributed by atoms with Gasteiger partial charge in [0.05, 0.1) is 18.5 Å². The van der Waals surface area contributed by atoms with E-state index in [2.05, 4.69) is 5.32 Å². The lowest BCUT2D eigenvalue weighted by atomic mass is 9.94. The van der Waals surface area contributed by atoms with Crippen LogP contribution in [0.5, 0.6) is 0 Å². The summed E-state index contributed by atoms with van der Waals surface area (Å²) < 4.78 is 60.4. The number of rotatable bonds is 3. The van der Waals surface area contributed by atoms with E-state index in [1.54, 1.807) is 0 Å². The van der Waals surface area contributed by atoms with Crippen LogP contribution in [0.2, 0.25) is 0 Å². The van der Waals surface area contributed by atoms with E-state index in [0.717, 1.165) is 0 Å². The van der Waals surface area contributed by atoms with Crippen LogP contribution in [0, 0.1) is 5.92 Å². The number of carbonyl (C=O) groups is 1. The first-order valence-electron chi connectivity index (χ1n) is 5.16. The molecule has 1 amide bonds. The highest BCUT2D eigenvalue weighted by atomic mass is 19.4. The van der Waals surface area contributed by atoms with Crippen LogP contribution in [0.1, 0.15) is 12.8 Å². The van der Waals surface area contributed by atoms with E-state index in [9.17, 15) is 26.7 Å². The van der Waals surface area contributed by atoms with Crippen molar-refractivity contribution in [1.29, 1.82) is 0 Å². The van der Waals surface area contributed by atoms with Gasteiger partial charge in [0.1, 0.15) is 0 Å². The molecule has 1 aliphatic heterocycles. The normalized spacial score (nSPS) is 26.0. The molecule has 0 bridgehead atoms. The Balaban J connectivity index is 2.34. The second-order valence-corrected chi connectivity index (χ2v) is 3.91. The lowest BCUT2D eigenvalue weighted by Crippen LogP contribution is -2.51. The zero-order chi connectivity index (χ0) is 13.1. The largest absolute Gasteiger partial charge is 0.393 e. The smallest absolute Gasteiger partial charge is 0.349 e. The van der Waals surface area contributed by atoms with E-state index in [1.165, 1.54) is 0 Å². The molecule has 0 aliphatic carbocycles. The zero-order valence-electron chi connectivity index (χ0n) is 8.86. The second-order valence-electron chi connectivity index (χ2n) is 3.91. The minimum Gasteiger partial charge on any atom is -0.349 e. The number of halogens is 5. The third-order valence-corrected chi connectivity index (χ3v) is 2.62. The molecule has 3 nitrogen and oxygen atoms in total. The van der Waals surface area contributed by atoms with Gasteiger partial charge in [0.15, 0.2) is 0 Å². The third kappa shape index (κ3) is 4.45. The molecule has 0 saturated carbocycles. The Morgan fingerprint density at radius 3 is 2.41 bits per heavy atom. The molecule has 1 saturated heterocycles. The van der Waals surface area contributed by atoms with Crippen LogP contribution in [0.4, 0.5) is 22.0 Å². The minimum absolute atomic E-state index is 0.000746. The van der Waals surface area contributed by atoms with Crippen molar-refractivity contribution in [2.24, 2.45) is 5.92 Å². The summed E-state index contributed by atoms with van der Waals surface area (Å²) in [6.07, 6.45) is -7.11. The van der Waals surface area contributed by atoms with Crippen LogP contribution in [-0.2, 0) is 4.79 Å². The number of carbonyl (C=O) groups excluding carboxylic acids is 1. The maximum absolute atomic E-state index is 12.3. The number of hydrogen-bond acceptors (Lipinski definition) is 2. The predicted octanol–water partition coefficient (Wildman–Crippen LogP) is 1.30. The fourth-order valence-corrected chi connectivity index (χ4v) is 1.66. The maximum Gasteiger partial charge on any atom is 0.393 e. The quantitative estimate of drug-likeness (QED) is 0.751. The van der Waals surface area contributed by atoms with E-state index < -0.39 is 37.0 Å². The Morgan fingerprint density at radius 2 is 2.00 bits per heavy atom. The van der Waals surface area contributed by atoms with Gasteiger partial charge >= 0.3 is 6.18 Å². The van der Waals surface area contributed by atoms with Gasteiger partial charge in [-0.15, -0.1) is 0 Å². The molecule has 100 valence electrons. The van der Waals surface area contributed by atoms with Crippen LogP contribution in [0.25, 0.3) is 0 Å². The zero-order valence-corrected chi connectivity index (χ0v) is 8.86. The average Bonchev–Trinajstić information content (AvgIpc) is 2.25. The van der Waals surface area contributed by atoms with Gasteiger partial charge in [0, 0.05) is 6.54 Å². The highest BCUT2D eigenvalue weighted by molar-refractivity contribution is 5.81. The molecule has 2 N–H and O–H groups in total. The van der Waals surface area contributed by atoms with Gasteiger partial charge in [-0.2, -0.15) is 13.2 Å². The van der Waals surface area contributed by atoms with Crippen LogP contribution in [-0.4, -0.2) is 37.6 Å². The fourth-order valence-electron chi connectivity index (χ4n) is 1.66. The molecule has 2 atom stereocenters.